The maximum atomic E-state index is 12.4. The molecule has 1 amide bonds. The zero-order valence-corrected chi connectivity index (χ0v) is 12.0. The van der Waals surface area contributed by atoms with Gasteiger partial charge in [0.1, 0.15) is 0 Å². The van der Waals surface area contributed by atoms with E-state index in [0.717, 1.165) is 18.7 Å². The minimum Gasteiger partial charge on any atom is -0.393 e. The van der Waals surface area contributed by atoms with Gasteiger partial charge in [-0.25, -0.2) is 4.68 Å². The average molecular weight is 285 g/mol. The van der Waals surface area contributed by atoms with E-state index in [2.05, 4.69) is 5.10 Å². The Labute approximate surface area is 123 Å². The quantitative estimate of drug-likeness (QED) is 0.934. The molecule has 21 heavy (non-hydrogen) atoms. The average Bonchev–Trinajstić information content (AvgIpc) is 3.18. The third kappa shape index (κ3) is 2.83. The number of aliphatic hydroxyl groups excluding tert-OH is 1. The van der Waals surface area contributed by atoms with Gasteiger partial charge >= 0.3 is 0 Å². The van der Waals surface area contributed by atoms with Crippen LogP contribution in [0.1, 0.15) is 23.7 Å². The summed E-state index contributed by atoms with van der Waals surface area (Å²) in [6.07, 6.45) is 4.10. The third-order valence-electron chi connectivity index (χ3n) is 4.08. The number of hydrogen-bond acceptors (Lipinski definition) is 3. The Hall–Kier alpha value is -2.14. The van der Waals surface area contributed by atoms with E-state index in [0.29, 0.717) is 12.1 Å². The fourth-order valence-corrected chi connectivity index (χ4v) is 2.73. The molecule has 2 heterocycles. The molecule has 0 aliphatic carbocycles. The molecule has 0 saturated carbocycles. The van der Waals surface area contributed by atoms with Crippen molar-refractivity contribution in [2.24, 2.45) is 5.92 Å². The van der Waals surface area contributed by atoms with E-state index in [4.69, 9.17) is 0 Å². The Bertz CT molecular complexity index is 605. The number of rotatable bonds is 3. The minimum atomic E-state index is -0.356. The molecule has 0 spiro atoms. The Morgan fingerprint density at radius 2 is 2.14 bits per heavy atom. The molecular weight excluding hydrogens is 266 g/mol. The minimum absolute atomic E-state index is 0.0326. The van der Waals surface area contributed by atoms with Crippen molar-refractivity contribution in [3.8, 4) is 5.69 Å². The van der Waals surface area contributed by atoms with Crippen molar-refractivity contribution in [3.05, 3.63) is 48.3 Å². The number of hydrogen-bond donors (Lipinski definition) is 1. The topological polar surface area (TPSA) is 58.4 Å². The molecule has 3 rings (SSSR count). The summed E-state index contributed by atoms with van der Waals surface area (Å²) in [5.41, 5.74) is 1.61. The number of nitrogens with zero attached hydrogens (tertiary/aromatic N) is 3. The van der Waals surface area contributed by atoms with Gasteiger partial charge in [0.25, 0.3) is 5.91 Å². The maximum absolute atomic E-state index is 12.4. The van der Waals surface area contributed by atoms with Crippen molar-refractivity contribution in [1.82, 2.24) is 14.7 Å². The first kappa shape index (κ1) is 13.8. The normalized spacial score (nSPS) is 19.7. The molecule has 1 aromatic heterocycles. The summed E-state index contributed by atoms with van der Waals surface area (Å²) >= 11 is 0. The summed E-state index contributed by atoms with van der Waals surface area (Å²) in [6.45, 7) is 3.14. The molecule has 1 aliphatic heterocycles. The van der Waals surface area contributed by atoms with E-state index in [9.17, 15) is 9.90 Å². The van der Waals surface area contributed by atoms with Crippen LogP contribution in [-0.4, -0.2) is 44.9 Å². The summed E-state index contributed by atoms with van der Waals surface area (Å²) in [6, 6.07) is 9.30. The van der Waals surface area contributed by atoms with Crippen LogP contribution in [0.3, 0.4) is 0 Å². The van der Waals surface area contributed by atoms with Crippen molar-refractivity contribution in [3.63, 3.8) is 0 Å². The Balaban J connectivity index is 1.71. The van der Waals surface area contributed by atoms with E-state index < -0.39 is 0 Å². The van der Waals surface area contributed by atoms with Crippen LogP contribution in [0.15, 0.2) is 42.7 Å². The van der Waals surface area contributed by atoms with Crippen LogP contribution in [0.2, 0.25) is 0 Å². The fourth-order valence-electron chi connectivity index (χ4n) is 2.73. The van der Waals surface area contributed by atoms with Gasteiger partial charge < -0.3 is 10.0 Å². The highest BCUT2D eigenvalue weighted by Crippen LogP contribution is 2.22. The van der Waals surface area contributed by atoms with Crippen molar-refractivity contribution in [2.75, 3.05) is 13.1 Å². The van der Waals surface area contributed by atoms with E-state index >= 15 is 0 Å². The Morgan fingerprint density at radius 1 is 1.38 bits per heavy atom. The summed E-state index contributed by atoms with van der Waals surface area (Å²) < 4.78 is 1.76. The van der Waals surface area contributed by atoms with E-state index in [1.54, 1.807) is 17.8 Å². The third-order valence-corrected chi connectivity index (χ3v) is 4.08. The molecular formula is C16H19N3O2. The lowest BCUT2D eigenvalue weighted by atomic mass is 10.0. The highest BCUT2D eigenvalue weighted by molar-refractivity contribution is 5.94. The van der Waals surface area contributed by atoms with Crippen LogP contribution in [0.25, 0.3) is 5.69 Å². The maximum Gasteiger partial charge on any atom is 0.253 e. The predicted molar refractivity (Wildman–Crippen MR) is 79.3 cm³/mol. The van der Waals surface area contributed by atoms with Gasteiger partial charge in [-0.2, -0.15) is 5.10 Å². The van der Waals surface area contributed by atoms with Gasteiger partial charge in [-0.1, -0.05) is 0 Å². The lowest BCUT2D eigenvalue weighted by Gasteiger charge is -2.18. The molecule has 1 aliphatic rings. The lowest BCUT2D eigenvalue weighted by Crippen LogP contribution is -2.30. The Morgan fingerprint density at radius 3 is 2.71 bits per heavy atom. The smallest absolute Gasteiger partial charge is 0.253 e. The van der Waals surface area contributed by atoms with Crippen molar-refractivity contribution in [1.29, 1.82) is 0 Å². The van der Waals surface area contributed by atoms with Crippen LogP contribution in [0.4, 0.5) is 0 Å². The highest BCUT2D eigenvalue weighted by Gasteiger charge is 2.29. The molecule has 0 radical (unpaired) electrons. The van der Waals surface area contributed by atoms with Gasteiger partial charge in [0.05, 0.1) is 11.8 Å². The summed E-state index contributed by atoms with van der Waals surface area (Å²) in [5, 5.41) is 13.8. The van der Waals surface area contributed by atoms with Crippen LogP contribution in [0, 0.1) is 5.92 Å². The van der Waals surface area contributed by atoms with Gasteiger partial charge in [0.15, 0.2) is 0 Å². The summed E-state index contributed by atoms with van der Waals surface area (Å²) in [4.78, 5) is 14.3. The van der Waals surface area contributed by atoms with Crippen molar-refractivity contribution < 1.29 is 9.90 Å². The second-order valence-electron chi connectivity index (χ2n) is 5.54. The number of aromatic nitrogens is 2. The van der Waals surface area contributed by atoms with Crippen LogP contribution in [-0.2, 0) is 0 Å². The van der Waals surface area contributed by atoms with Gasteiger partial charge in [0, 0.05) is 37.0 Å². The molecule has 0 bridgehead atoms. The monoisotopic (exact) mass is 285 g/mol. The standard InChI is InChI=1S/C16H19N3O2/c1-12(20)14-7-10-18(11-14)16(21)13-3-5-15(6-4-13)19-9-2-8-17-19/h2-6,8-9,12,14,20H,7,10-11H2,1H3. The molecule has 2 unspecified atom stereocenters. The predicted octanol–water partition coefficient (Wildman–Crippen LogP) is 1.72. The SMILES string of the molecule is CC(O)C1CCN(C(=O)c2ccc(-n3cccn3)cc2)C1. The number of likely N-dealkylation sites (tertiary alicyclic amines) is 1. The Kier molecular flexibility index (Phi) is 3.75. The van der Waals surface area contributed by atoms with E-state index in [1.165, 1.54) is 0 Å². The first-order valence-electron chi connectivity index (χ1n) is 7.22. The first-order valence-corrected chi connectivity index (χ1v) is 7.22. The summed E-state index contributed by atoms with van der Waals surface area (Å²) in [5.74, 6) is 0.225. The first-order chi connectivity index (χ1) is 10.1. The fraction of sp³-hybridized carbons (Fsp3) is 0.375. The van der Waals surface area contributed by atoms with E-state index in [-0.39, 0.29) is 17.9 Å². The highest BCUT2D eigenvalue weighted by atomic mass is 16.3. The molecule has 5 nitrogen and oxygen atoms in total. The van der Waals surface area contributed by atoms with Gasteiger partial charge in [0.2, 0.25) is 0 Å². The largest absolute Gasteiger partial charge is 0.393 e. The molecule has 1 saturated heterocycles. The lowest BCUT2D eigenvalue weighted by molar-refractivity contribution is 0.0762. The number of aliphatic hydroxyl groups is 1. The molecule has 1 aromatic carbocycles. The number of benzene rings is 1. The zero-order chi connectivity index (χ0) is 14.8. The second-order valence-corrected chi connectivity index (χ2v) is 5.54. The number of carbonyl (C=O) groups excluding carboxylic acids is 1. The number of amides is 1. The van der Waals surface area contributed by atoms with Gasteiger partial charge in [-0.3, -0.25) is 4.79 Å². The molecule has 2 atom stereocenters. The zero-order valence-electron chi connectivity index (χ0n) is 12.0. The van der Waals surface area contributed by atoms with Crippen LogP contribution in [0.5, 0.6) is 0 Å². The molecule has 1 N–H and O–H groups in total. The van der Waals surface area contributed by atoms with Crippen molar-refractivity contribution >= 4 is 5.91 Å². The van der Waals surface area contributed by atoms with Gasteiger partial charge in [-0.15, -0.1) is 0 Å². The molecule has 5 heteroatoms. The molecule has 110 valence electrons. The number of carbonyl (C=O) groups is 1. The second kappa shape index (κ2) is 5.69. The van der Waals surface area contributed by atoms with Crippen molar-refractivity contribution in [2.45, 2.75) is 19.4 Å². The van der Waals surface area contributed by atoms with Crippen LogP contribution >= 0.6 is 0 Å². The molecule has 1 fully saturated rings. The summed E-state index contributed by atoms with van der Waals surface area (Å²) in [7, 11) is 0. The van der Waals surface area contributed by atoms with Gasteiger partial charge in [-0.05, 0) is 43.7 Å². The van der Waals surface area contributed by atoms with E-state index in [1.807, 2.05) is 41.4 Å². The molecule has 2 aromatic rings. The van der Waals surface area contributed by atoms with Crippen LogP contribution < -0.4 is 0 Å².